The molecule has 0 aliphatic heterocycles. The van der Waals surface area contributed by atoms with Gasteiger partial charge in [0.05, 0.1) is 11.3 Å². The van der Waals surface area contributed by atoms with Crippen molar-refractivity contribution in [3.05, 3.63) is 35.8 Å². The maximum Gasteiger partial charge on any atom is 0.416 e. The maximum absolute atomic E-state index is 12.8. The number of alkyl halides is 3. The molecular formula is C12H9F3N6S. The molecule has 1 aromatic heterocycles. The van der Waals surface area contributed by atoms with Crippen molar-refractivity contribution in [3.8, 4) is 6.07 Å². The lowest BCUT2D eigenvalue weighted by atomic mass is 10.2. The van der Waals surface area contributed by atoms with Crippen molar-refractivity contribution in [1.82, 2.24) is 20.6 Å². The number of anilines is 1. The van der Waals surface area contributed by atoms with Crippen LogP contribution in [-0.2, 0) is 6.18 Å². The van der Waals surface area contributed by atoms with E-state index in [0.29, 0.717) is 4.90 Å². The van der Waals surface area contributed by atoms with Crippen molar-refractivity contribution in [1.29, 1.82) is 5.26 Å². The first-order chi connectivity index (χ1) is 10.5. The summed E-state index contributed by atoms with van der Waals surface area (Å²) < 4.78 is 38.3. The van der Waals surface area contributed by atoms with E-state index in [1.54, 1.807) is 6.26 Å². The Morgan fingerprint density at radius 1 is 1.45 bits per heavy atom. The number of nitriles is 1. The summed E-state index contributed by atoms with van der Waals surface area (Å²) in [5, 5.41) is 24.5. The van der Waals surface area contributed by atoms with E-state index in [9.17, 15) is 13.2 Å². The van der Waals surface area contributed by atoms with E-state index in [0.717, 1.165) is 12.1 Å². The number of rotatable bonds is 4. The Bertz CT molecular complexity index is 717. The molecule has 2 rings (SSSR count). The fourth-order valence-electron chi connectivity index (χ4n) is 1.57. The number of benzene rings is 1. The minimum atomic E-state index is -4.44. The van der Waals surface area contributed by atoms with Gasteiger partial charge < -0.3 is 5.32 Å². The van der Waals surface area contributed by atoms with E-state index in [4.69, 9.17) is 5.26 Å². The quantitative estimate of drug-likeness (QED) is 0.663. The Labute approximate surface area is 127 Å². The van der Waals surface area contributed by atoms with E-state index >= 15 is 0 Å². The standard InChI is InChI=1S/C12H9F3N6S/c1-22-10-3-2-8(12(13,14)15)4-9(10)17-6-7(5-16)11-18-20-21-19-11/h2-4,6,17H,1H3,(H,18,19,20,21). The Hall–Kier alpha value is -2.54. The van der Waals surface area contributed by atoms with E-state index < -0.39 is 11.7 Å². The zero-order valence-corrected chi connectivity index (χ0v) is 12.0. The lowest BCUT2D eigenvalue weighted by Gasteiger charge is -2.12. The molecule has 0 radical (unpaired) electrons. The van der Waals surface area contributed by atoms with Gasteiger partial charge in [-0.1, -0.05) is 0 Å². The van der Waals surface area contributed by atoms with Crippen molar-refractivity contribution in [2.24, 2.45) is 0 Å². The zero-order valence-electron chi connectivity index (χ0n) is 11.1. The first-order valence-corrected chi connectivity index (χ1v) is 7.04. The van der Waals surface area contributed by atoms with Crippen LogP contribution in [0.3, 0.4) is 0 Å². The summed E-state index contributed by atoms with van der Waals surface area (Å²) in [5.41, 5.74) is -0.504. The normalized spacial score (nSPS) is 12.0. The third kappa shape index (κ3) is 3.56. The number of nitrogens with zero attached hydrogens (tertiary/aromatic N) is 4. The fourth-order valence-corrected chi connectivity index (χ4v) is 2.11. The van der Waals surface area contributed by atoms with Crippen LogP contribution in [0.2, 0.25) is 0 Å². The van der Waals surface area contributed by atoms with Gasteiger partial charge in [0.2, 0.25) is 5.82 Å². The number of hydrogen-bond donors (Lipinski definition) is 2. The predicted octanol–water partition coefficient (Wildman–Crippen LogP) is 2.92. The van der Waals surface area contributed by atoms with Gasteiger partial charge in [0.15, 0.2) is 0 Å². The Kier molecular flexibility index (Phi) is 4.67. The summed E-state index contributed by atoms with van der Waals surface area (Å²) in [5.74, 6) is 0.0488. The second kappa shape index (κ2) is 6.48. The number of tetrazole rings is 1. The summed E-state index contributed by atoms with van der Waals surface area (Å²) >= 11 is 1.28. The lowest BCUT2D eigenvalue weighted by molar-refractivity contribution is -0.137. The summed E-state index contributed by atoms with van der Waals surface area (Å²) in [6.07, 6.45) is -1.47. The number of allylic oxidation sites excluding steroid dienone is 1. The van der Waals surface area contributed by atoms with Gasteiger partial charge in [-0.05, 0) is 29.7 Å². The number of aromatic amines is 1. The molecule has 2 N–H and O–H groups in total. The van der Waals surface area contributed by atoms with Crippen LogP contribution in [0.5, 0.6) is 0 Å². The number of halogens is 3. The molecule has 1 aromatic carbocycles. The van der Waals surface area contributed by atoms with Crippen LogP contribution < -0.4 is 5.32 Å². The number of thioether (sulfide) groups is 1. The number of nitrogens with one attached hydrogen (secondary N) is 2. The van der Waals surface area contributed by atoms with Crippen molar-refractivity contribution in [3.63, 3.8) is 0 Å². The smallest absolute Gasteiger partial charge is 0.359 e. The highest BCUT2D eigenvalue weighted by atomic mass is 32.2. The van der Waals surface area contributed by atoms with Crippen LogP contribution in [0.25, 0.3) is 5.57 Å². The minimum Gasteiger partial charge on any atom is -0.359 e. The SMILES string of the molecule is CSc1ccc(C(F)(F)F)cc1NC=C(C#N)c1nn[nH]n1. The summed E-state index contributed by atoms with van der Waals surface area (Å²) in [4.78, 5) is 0.606. The van der Waals surface area contributed by atoms with E-state index in [2.05, 4.69) is 25.9 Å². The highest BCUT2D eigenvalue weighted by molar-refractivity contribution is 7.98. The number of hydrogen-bond acceptors (Lipinski definition) is 6. The Balaban J connectivity index is 2.34. The topological polar surface area (TPSA) is 90.3 Å². The second-order valence-corrected chi connectivity index (χ2v) is 4.81. The number of aromatic nitrogens is 4. The molecule has 0 saturated heterocycles. The summed E-state index contributed by atoms with van der Waals surface area (Å²) in [6.45, 7) is 0. The van der Waals surface area contributed by atoms with Crippen LogP contribution in [0, 0.1) is 11.3 Å². The van der Waals surface area contributed by atoms with Crippen LogP contribution in [0.4, 0.5) is 18.9 Å². The van der Waals surface area contributed by atoms with Crippen LogP contribution >= 0.6 is 11.8 Å². The molecule has 0 unspecified atom stereocenters. The average molecular weight is 326 g/mol. The molecule has 22 heavy (non-hydrogen) atoms. The third-order valence-corrected chi connectivity index (χ3v) is 3.40. The highest BCUT2D eigenvalue weighted by Gasteiger charge is 2.30. The van der Waals surface area contributed by atoms with Gasteiger partial charge in [-0.15, -0.1) is 22.0 Å². The maximum atomic E-state index is 12.8. The fraction of sp³-hybridized carbons (Fsp3) is 0.167. The molecule has 0 fully saturated rings. The molecule has 1 heterocycles. The van der Waals surface area contributed by atoms with Crippen LogP contribution in [0.15, 0.2) is 29.3 Å². The molecule has 0 aliphatic carbocycles. The number of H-pyrrole nitrogens is 1. The molecule has 114 valence electrons. The second-order valence-electron chi connectivity index (χ2n) is 3.96. The first kappa shape index (κ1) is 15.8. The molecule has 0 aliphatic rings. The molecule has 0 amide bonds. The minimum absolute atomic E-state index is 0.0400. The van der Waals surface area contributed by atoms with Gasteiger partial charge in [-0.3, -0.25) is 0 Å². The largest absolute Gasteiger partial charge is 0.416 e. The molecule has 2 aromatic rings. The van der Waals surface area contributed by atoms with Gasteiger partial charge in [0, 0.05) is 11.1 Å². The van der Waals surface area contributed by atoms with E-state index in [1.165, 1.54) is 24.0 Å². The van der Waals surface area contributed by atoms with Crippen molar-refractivity contribution >= 4 is 23.0 Å². The summed E-state index contributed by atoms with van der Waals surface area (Å²) in [6, 6.07) is 5.19. The van der Waals surface area contributed by atoms with Gasteiger partial charge in [-0.2, -0.15) is 23.6 Å². The van der Waals surface area contributed by atoms with Gasteiger partial charge in [0.25, 0.3) is 0 Å². The molecular weight excluding hydrogens is 317 g/mol. The van der Waals surface area contributed by atoms with Crippen molar-refractivity contribution in [2.45, 2.75) is 11.1 Å². The average Bonchev–Trinajstić information content (AvgIpc) is 3.01. The zero-order chi connectivity index (χ0) is 16.2. The third-order valence-electron chi connectivity index (χ3n) is 2.61. The summed E-state index contributed by atoms with van der Waals surface area (Å²) in [7, 11) is 0. The van der Waals surface area contributed by atoms with Crippen molar-refractivity contribution in [2.75, 3.05) is 11.6 Å². The van der Waals surface area contributed by atoms with Crippen LogP contribution in [-0.4, -0.2) is 26.9 Å². The first-order valence-electron chi connectivity index (χ1n) is 5.81. The van der Waals surface area contributed by atoms with Crippen molar-refractivity contribution < 1.29 is 13.2 Å². The highest BCUT2D eigenvalue weighted by Crippen LogP contribution is 2.35. The monoisotopic (exact) mass is 326 g/mol. The molecule has 0 atom stereocenters. The van der Waals surface area contributed by atoms with Crippen LogP contribution in [0.1, 0.15) is 11.4 Å². The molecule has 0 bridgehead atoms. The predicted molar refractivity (Wildman–Crippen MR) is 74.6 cm³/mol. The molecule has 0 saturated carbocycles. The Morgan fingerprint density at radius 2 is 2.23 bits per heavy atom. The van der Waals surface area contributed by atoms with Gasteiger partial charge in [0.1, 0.15) is 11.6 Å². The van der Waals surface area contributed by atoms with E-state index in [1.807, 2.05) is 6.07 Å². The van der Waals surface area contributed by atoms with Gasteiger partial charge in [-0.25, -0.2) is 0 Å². The lowest BCUT2D eigenvalue weighted by Crippen LogP contribution is -2.06. The van der Waals surface area contributed by atoms with E-state index in [-0.39, 0.29) is 17.1 Å². The Morgan fingerprint density at radius 3 is 2.77 bits per heavy atom. The van der Waals surface area contributed by atoms with Gasteiger partial charge >= 0.3 is 6.18 Å². The molecule has 0 spiro atoms. The molecule has 10 heteroatoms. The molecule has 6 nitrogen and oxygen atoms in total.